The van der Waals surface area contributed by atoms with Gasteiger partial charge < -0.3 is 9.84 Å². The van der Waals surface area contributed by atoms with Crippen molar-refractivity contribution in [1.29, 1.82) is 0 Å². The number of thioether (sulfide) groups is 1. The lowest BCUT2D eigenvalue weighted by molar-refractivity contribution is -0.0267. The van der Waals surface area contributed by atoms with E-state index in [0.717, 1.165) is 11.3 Å². The first-order chi connectivity index (χ1) is 9.67. The predicted molar refractivity (Wildman–Crippen MR) is 83.1 cm³/mol. The molecule has 1 aliphatic heterocycles. The molecule has 1 spiro atoms. The van der Waals surface area contributed by atoms with Crippen LogP contribution < -0.4 is 0 Å². The van der Waals surface area contributed by atoms with Gasteiger partial charge in [-0.05, 0) is 50.3 Å². The van der Waals surface area contributed by atoms with Crippen LogP contribution in [-0.2, 0) is 4.74 Å². The summed E-state index contributed by atoms with van der Waals surface area (Å²) in [5.41, 5.74) is 1.23. The zero-order valence-corrected chi connectivity index (χ0v) is 13.0. The Balaban J connectivity index is 1.50. The quantitative estimate of drug-likeness (QED) is 0.838. The van der Waals surface area contributed by atoms with Crippen molar-refractivity contribution in [3.05, 3.63) is 29.8 Å². The minimum Gasteiger partial charge on any atom is -0.389 e. The van der Waals surface area contributed by atoms with Crippen LogP contribution in [0.25, 0.3) is 0 Å². The van der Waals surface area contributed by atoms with Crippen LogP contribution >= 0.6 is 11.8 Å². The van der Waals surface area contributed by atoms with Crippen LogP contribution in [0.5, 0.6) is 0 Å². The van der Waals surface area contributed by atoms with Crippen molar-refractivity contribution in [2.75, 3.05) is 5.75 Å². The molecule has 2 atom stereocenters. The zero-order chi connectivity index (χ0) is 14.0. The molecule has 2 unspecified atom stereocenters. The maximum Gasteiger partial charge on any atom is 0.0761 e. The number of ether oxygens (including phenoxy) is 1. The molecule has 20 heavy (non-hydrogen) atoms. The average molecular weight is 292 g/mol. The average Bonchev–Trinajstić information content (AvgIpc) is 3.08. The summed E-state index contributed by atoms with van der Waals surface area (Å²) >= 11 is 1.87. The molecule has 3 rings (SSSR count). The first-order valence-electron chi connectivity index (χ1n) is 7.76. The van der Waals surface area contributed by atoms with E-state index >= 15 is 0 Å². The third-order valence-corrected chi connectivity index (χ3v) is 5.80. The highest BCUT2D eigenvalue weighted by Crippen LogP contribution is 2.44. The van der Waals surface area contributed by atoms with E-state index in [1.54, 1.807) is 6.92 Å². The van der Waals surface area contributed by atoms with Gasteiger partial charge in [0.05, 0.1) is 17.8 Å². The molecule has 2 aliphatic rings. The number of benzene rings is 1. The molecule has 2 fully saturated rings. The SMILES string of the molecule is CC(O)c1ccc(SCC2CCC3(CCCC3)O2)cc1. The zero-order valence-electron chi connectivity index (χ0n) is 12.2. The van der Waals surface area contributed by atoms with Crippen LogP contribution in [0, 0.1) is 0 Å². The molecule has 0 amide bonds. The molecule has 1 aromatic rings. The Morgan fingerprint density at radius 2 is 1.95 bits per heavy atom. The Bertz CT molecular complexity index is 435. The molecule has 1 aromatic carbocycles. The predicted octanol–water partition coefficient (Wildman–Crippen LogP) is 4.32. The topological polar surface area (TPSA) is 29.5 Å². The van der Waals surface area contributed by atoms with Gasteiger partial charge in [-0.25, -0.2) is 0 Å². The fourth-order valence-electron chi connectivity index (χ4n) is 3.43. The van der Waals surface area contributed by atoms with Gasteiger partial charge in [-0.2, -0.15) is 0 Å². The highest BCUT2D eigenvalue weighted by molar-refractivity contribution is 7.99. The van der Waals surface area contributed by atoms with Crippen molar-refractivity contribution in [2.45, 2.75) is 68.2 Å². The van der Waals surface area contributed by atoms with E-state index in [9.17, 15) is 5.11 Å². The molecule has 0 bridgehead atoms. The Morgan fingerprint density at radius 1 is 1.25 bits per heavy atom. The molecule has 1 aliphatic carbocycles. The molecule has 1 heterocycles. The van der Waals surface area contributed by atoms with Crippen molar-refractivity contribution in [2.24, 2.45) is 0 Å². The molecule has 1 saturated carbocycles. The number of hydrogen-bond donors (Lipinski definition) is 1. The second kappa shape index (κ2) is 6.08. The highest BCUT2D eigenvalue weighted by atomic mass is 32.2. The van der Waals surface area contributed by atoms with E-state index in [1.807, 2.05) is 23.9 Å². The van der Waals surface area contributed by atoms with Crippen molar-refractivity contribution in [3.8, 4) is 0 Å². The van der Waals surface area contributed by atoms with Crippen LogP contribution in [0.4, 0.5) is 0 Å². The maximum absolute atomic E-state index is 9.51. The van der Waals surface area contributed by atoms with E-state index < -0.39 is 0 Å². The smallest absolute Gasteiger partial charge is 0.0761 e. The lowest BCUT2D eigenvalue weighted by Crippen LogP contribution is -2.25. The second-order valence-corrected chi connectivity index (χ2v) is 7.32. The van der Waals surface area contributed by atoms with Crippen LogP contribution in [0.15, 0.2) is 29.2 Å². The summed E-state index contributed by atoms with van der Waals surface area (Å²) in [5.74, 6) is 1.05. The van der Waals surface area contributed by atoms with Crippen molar-refractivity contribution in [3.63, 3.8) is 0 Å². The van der Waals surface area contributed by atoms with Crippen LogP contribution in [-0.4, -0.2) is 22.6 Å². The van der Waals surface area contributed by atoms with Crippen LogP contribution in [0.2, 0.25) is 0 Å². The van der Waals surface area contributed by atoms with E-state index in [4.69, 9.17) is 4.74 Å². The van der Waals surface area contributed by atoms with Gasteiger partial charge in [-0.3, -0.25) is 0 Å². The van der Waals surface area contributed by atoms with Crippen molar-refractivity contribution >= 4 is 11.8 Å². The molecular weight excluding hydrogens is 268 g/mol. The molecule has 0 radical (unpaired) electrons. The fourth-order valence-corrected chi connectivity index (χ4v) is 4.37. The van der Waals surface area contributed by atoms with Gasteiger partial charge in [-0.15, -0.1) is 11.8 Å². The van der Waals surface area contributed by atoms with Gasteiger partial charge in [0.25, 0.3) is 0 Å². The highest BCUT2D eigenvalue weighted by Gasteiger charge is 2.41. The standard InChI is InChI=1S/C17H24O2S/c1-13(18)14-4-6-16(7-5-14)20-12-15-8-11-17(19-15)9-2-3-10-17/h4-7,13,15,18H,2-3,8-12H2,1H3. The molecule has 1 N–H and O–H groups in total. The first kappa shape index (κ1) is 14.4. The molecule has 110 valence electrons. The number of hydrogen-bond acceptors (Lipinski definition) is 3. The Labute approximate surface area is 125 Å². The molecular formula is C17H24O2S. The van der Waals surface area contributed by atoms with Crippen LogP contribution in [0.3, 0.4) is 0 Å². The summed E-state index contributed by atoms with van der Waals surface area (Å²) in [6.45, 7) is 1.80. The largest absolute Gasteiger partial charge is 0.389 e. The molecule has 1 saturated heterocycles. The Kier molecular flexibility index (Phi) is 4.39. The third-order valence-electron chi connectivity index (χ3n) is 4.65. The van der Waals surface area contributed by atoms with Gasteiger partial charge in [-0.1, -0.05) is 25.0 Å². The number of rotatable bonds is 4. The minimum atomic E-state index is -0.380. The monoisotopic (exact) mass is 292 g/mol. The van der Waals surface area contributed by atoms with E-state index in [0.29, 0.717) is 6.10 Å². The van der Waals surface area contributed by atoms with Gasteiger partial charge in [0.2, 0.25) is 0 Å². The van der Waals surface area contributed by atoms with Gasteiger partial charge in [0, 0.05) is 10.6 Å². The lowest BCUT2D eigenvalue weighted by atomic mass is 9.98. The number of aliphatic hydroxyl groups excluding tert-OH is 1. The summed E-state index contributed by atoms with van der Waals surface area (Å²) in [6.07, 6.45) is 7.78. The second-order valence-electron chi connectivity index (χ2n) is 6.22. The lowest BCUT2D eigenvalue weighted by Gasteiger charge is -2.23. The summed E-state index contributed by atoms with van der Waals surface area (Å²) < 4.78 is 6.33. The third kappa shape index (κ3) is 3.21. The Morgan fingerprint density at radius 3 is 2.60 bits per heavy atom. The summed E-state index contributed by atoms with van der Waals surface area (Å²) in [6, 6.07) is 8.24. The van der Waals surface area contributed by atoms with Gasteiger partial charge in [0.1, 0.15) is 0 Å². The normalized spacial score (nSPS) is 26.2. The van der Waals surface area contributed by atoms with E-state index in [-0.39, 0.29) is 11.7 Å². The summed E-state index contributed by atoms with van der Waals surface area (Å²) in [4.78, 5) is 1.27. The van der Waals surface area contributed by atoms with Crippen molar-refractivity contribution < 1.29 is 9.84 Å². The maximum atomic E-state index is 9.51. The minimum absolute atomic E-state index is 0.251. The van der Waals surface area contributed by atoms with E-state index in [1.165, 1.54) is 43.4 Å². The van der Waals surface area contributed by atoms with E-state index in [2.05, 4.69) is 12.1 Å². The summed E-state index contributed by atoms with van der Waals surface area (Å²) in [5, 5.41) is 9.51. The molecule has 0 aromatic heterocycles. The Hall–Kier alpha value is -0.510. The fraction of sp³-hybridized carbons (Fsp3) is 0.647. The van der Waals surface area contributed by atoms with Gasteiger partial charge >= 0.3 is 0 Å². The summed E-state index contributed by atoms with van der Waals surface area (Å²) in [7, 11) is 0. The first-order valence-corrected chi connectivity index (χ1v) is 8.74. The van der Waals surface area contributed by atoms with Crippen molar-refractivity contribution in [1.82, 2.24) is 0 Å². The molecule has 3 heteroatoms. The van der Waals surface area contributed by atoms with Crippen LogP contribution in [0.1, 0.15) is 57.1 Å². The number of aliphatic hydroxyl groups is 1. The molecule has 2 nitrogen and oxygen atoms in total. The van der Waals surface area contributed by atoms with Gasteiger partial charge in [0.15, 0.2) is 0 Å².